The van der Waals surface area contributed by atoms with Crippen LogP contribution >= 0.6 is 23.6 Å². The number of nitrogens with two attached hydrogens (primary N) is 1. The molecule has 0 aromatic carbocycles. The van der Waals surface area contributed by atoms with E-state index in [0.717, 1.165) is 30.1 Å². The maximum atomic E-state index is 9.55. The molecule has 11 nitrogen and oxygen atoms in total. The van der Waals surface area contributed by atoms with Crippen LogP contribution in [-0.4, -0.2) is 71.6 Å². The number of thiocarbonyl (C=S) groups is 1. The molecule has 1 aliphatic rings. The van der Waals surface area contributed by atoms with E-state index in [-0.39, 0.29) is 0 Å². The molecular weight excluding hydrogens is 456 g/mol. The Morgan fingerprint density at radius 1 is 1.38 bits per heavy atom. The van der Waals surface area contributed by atoms with E-state index in [9.17, 15) is 9.59 Å². The lowest BCUT2D eigenvalue weighted by Gasteiger charge is -2.29. The van der Waals surface area contributed by atoms with Crippen LogP contribution in [0, 0.1) is 0 Å². The van der Waals surface area contributed by atoms with Crippen molar-refractivity contribution in [1.82, 2.24) is 15.6 Å². The second kappa shape index (κ2) is 15.1. The fraction of sp³-hybridized carbons (Fsp3) is 0.526. The lowest BCUT2D eigenvalue weighted by atomic mass is 9.84. The Hall–Kier alpha value is -2.77. The second-order valence-corrected chi connectivity index (χ2v) is 8.02. The smallest absolute Gasteiger partial charge is 0.328 e. The van der Waals surface area contributed by atoms with Gasteiger partial charge in [0.15, 0.2) is 16.2 Å². The Bertz CT molecular complexity index is 798. The van der Waals surface area contributed by atoms with Crippen LogP contribution < -0.4 is 21.7 Å². The Morgan fingerprint density at radius 2 is 2.06 bits per heavy atom. The summed E-state index contributed by atoms with van der Waals surface area (Å²) in [5.74, 6) is -1.69. The van der Waals surface area contributed by atoms with E-state index in [1.54, 1.807) is 18.4 Å². The highest BCUT2D eigenvalue weighted by Crippen LogP contribution is 2.34. The van der Waals surface area contributed by atoms with E-state index in [4.69, 9.17) is 32.9 Å². The van der Waals surface area contributed by atoms with Gasteiger partial charge in [0.2, 0.25) is 0 Å². The number of guanidine groups is 1. The van der Waals surface area contributed by atoms with E-state index < -0.39 is 11.9 Å². The Morgan fingerprint density at radius 3 is 2.66 bits per heavy atom. The maximum absolute atomic E-state index is 9.55. The quantitative estimate of drug-likeness (QED) is 0.103. The predicted molar refractivity (Wildman–Crippen MR) is 128 cm³/mol. The van der Waals surface area contributed by atoms with Crippen molar-refractivity contribution in [2.24, 2.45) is 10.7 Å². The number of hydrogen-bond donors (Lipinski definition) is 6. The molecule has 1 fully saturated rings. The highest BCUT2D eigenvalue weighted by Gasteiger charge is 2.25. The number of ether oxygens (including phenoxy) is 1. The van der Waals surface area contributed by atoms with Crippen molar-refractivity contribution in [2.45, 2.75) is 37.6 Å². The van der Waals surface area contributed by atoms with Crippen LogP contribution in [0.5, 0.6) is 0 Å². The fourth-order valence-electron chi connectivity index (χ4n) is 2.93. The molecular formula is C19H30N6O5S2. The minimum absolute atomic E-state index is 0.371. The van der Waals surface area contributed by atoms with Gasteiger partial charge in [0.05, 0.1) is 18.8 Å². The fourth-order valence-corrected chi connectivity index (χ4v) is 3.89. The van der Waals surface area contributed by atoms with Gasteiger partial charge in [-0.15, -0.1) is 11.3 Å². The summed E-state index contributed by atoms with van der Waals surface area (Å²) in [5, 5.41) is 28.6. The lowest BCUT2D eigenvalue weighted by Crippen LogP contribution is -2.42. The molecule has 0 bridgehead atoms. The van der Waals surface area contributed by atoms with Crippen LogP contribution in [0.15, 0.2) is 22.5 Å². The minimum Gasteiger partial charge on any atom is -0.478 e. The standard InChI is InChI=1S/C15H26N6OS2.C4H4O4/c1-17-14(23)19-11-5-3-4-10(8-11)12-9-24-15(20-12)21-13(16)18-6-7-22-2;5-3(6)1-2-4(7)8/h9-11H,3-8H2,1-2H3,(H2,17,19,23)(H3,16,18,20,21);1-2H,(H,5,6)(H,7,8). The molecule has 0 aliphatic heterocycles. The number of carboxylic acids is 2. The molecule has 2 unspecified atom stereocenters. The van der Waals surface area contributed by atoms with E-state index >= 15 is 0 Å². The number of rotatable bonds is 8. The van der Waals surface area contributed by atoms with Gasteiger partial charge in [0, 0.05) is 43.6 Å². The number of aliphatic imine (C=N–C) groups is 1. The molecule has 2 rings (SSSR count). The number of aliphatic carboxylic acids is 2. The van der Waals surface area contributed by atoms with Gasteiger partial charge in [-0.3, -0.25) is 4.99 Å². The minimum atomic E-state index is -1.26. The summed E-state index contributed by atoms with van der Waals surface area (Å²) >= 11 is 6.76. The van der Waals surface area contributed by atoms with E-state index in [2.05, 4.69) is 31.3 Å². The molecule has 2 atom stereocenters. The summed E-state index contributed by atoms with van der Waals surface area (Å²) in [6.45, 7) is 1.09. The number of carboxylic acid groups (broad SMARTS) is 2. The normalized spacial score (nSPS) is 18.4. The molecule has 0 radical (unpaired) electrons. The summed E-state index contributed by atoms with van der Waals surface area (Å²) in [6.07, 6.45) is 5.64. The first kappa shape index (κ1) is 27.3. The first-order chi connectivity index (χ1) is 15.2. The van der Waals surface area contributed by atoms with Crippen LogP contribution in [0.1, 0.15) is 37.3 Å². The van der Waals surface area contributed by atoms with Crippen LogP contribution in [0.25, 0.3) is 0 Å². The zero-order chi connectivity index (χ0) is 23.9. The van der Waals surface area contributed by atoms with Gasteiger partial charge in [-0.1, -0.05) is 6.42 Å². The van der Waals surface area contributed by atoms with Crippen LogP contribution in [0.3, 0.4) is 0 Å². The van der Waals surface area contributed by atoms with Crippen molar-refractivity contribution in [3.05, 3.63) is 23.2 Å². The average molecular weight is 487 g/mol. The molecule has 1 aromatic rings. The van der Waals surface area contributed by atoms with Crippen molar-refractivity contribution in [3.63, 3.8) is 0 Å². The maximum Gasteiger partial charge on any atom is 0.328 e. The third kappa shape index (κ3) is 11.6. The SMILES string of the molecule is CNC(=S)NC1CCCC(c2csc(NC(N)=NCCOC)n2)C1.O=C(O)C=CC(=O)O. The molecule has 0 saturated heterocycles. The van der Waals surface area contributed by atoms with Crippen LogP contribution in [0.2, 0.25) is 0 Å². The van der Waals surface area contributed by atoms with Crippen molar-refractivity contribution in [3.8, 4) is 0 Å². The van der Waals surface area contributed by atoms with E-state index in [1.165, 1.54) is 6.42 Å². The summed E-state index contributed by atoms with van der Waals surface area (Å²) in [5.41, 5.74) is 6.96. The van der Waals surface area contributed by atoms with E-state index in [1.807, 2.05) is 7.05 Å². The number of nitrogens with zero attached hydrogens (tertiary/aromatic N) is 2. The Balaban J connectivity index is 0.000000547. The summed E-state index contributed by atoms with van der Waals surface area (Å²) in [6, 6.07) is 0.405. The van der Waals surface area contributed by atoms with E-state index in [0.29, 0.717) is 48.3 Å². The monoisotopic (exact) mass is 486 g/mol. The van der Waals surface area contributed by atoms with Gasteiger partial charge >= 0.3 is 11.9 Å². The van der Waals surface area contributed by atoms with Crippen LogP contribution in [0.4, 0.5) is 5.13 Å². The molecule has 1 aliphatic carbocycles. The lowest BCUT2D eigenvalue weighted by molar-refractivity contribution is -0.134. The average Bonchev–Trinajstić information content (AvgIpc) is 3.21. The van der Waals surface area contributed by atoms with Gasteiger partial charge in [0.25, 0.3) is 0 Å². The number of carbonyl (C=O) groups is 2. The third-order valence-electron chi connectivity index (χ3n) is 4.36. The first-order valence-electron chi connectivity index (χ1n) is 9.88. The number of nitrogens with one attached hydrogen (secondary N) is 3. The third-order valence-corrected chi connectivity index (χ3v) is 5.46. The zero-order valence-corrected chi connectivity index (χ0v) is 19.7. The second-order valence-electron chi connectivity index (χ2n) is 6.76. The number of hydrogen-bond acceptors (Lipinski definition) is 7. The number of aromatic nitrogens is 1. The summed E-state index contributed by atoms with van der Waals surface area (Å²) < 4.78 is 4.95. The van der Waals surface area contributed by atoms with Crippen molar-refractivity contribution in [1.29, 1.82) is 0 Å². The van der Waals surface area contributed by atoms with Crippen molar-refractivity contribution < 1.29 is 24.5 Å². The molecule has 0 spiro atoms. The summed E-state index contributed by atoms with van der Waals surface area (Å²) in [4.78, 5) is 28.0. The van der Waals surface area contributed by atoms with Gasteiger partial charge in [0.1, 0.15) is 0 Å². The zero-order valence-electron chi connectivity index (χ0n) is 18.0. The van der Waals surface area contributed by atoms with Crippen LogP contribution in [-0.2, 0) is 14.3 Å². The molecule has 0 amide bonds. The number of methoxy groups -OCH3 is 1. The Kier molecular flexibility index (Phi) is 12.9. The molecule has 7 N–H and O–H groups in total. The van der Waals surface area contributed by atoms with Gasteiger partial charge in [-0.2, -0.15) is 0 Å². The number of thiazole rings is 1. The van der Waals surface area contributed by atoms with Crippen molar-refractivity contribution >= 4 is 51.7 Å². The predicted octanol–water partition coefficient (Wildman–Crippen LogP) is 1.35. The summed E-state index contributed by atoms with van der Waals surface area (Å²) in [7, 11) is 3.48. The highest BCUT2D eigenvalue weighted by atomic mass is 32.1. The molecule has 1 saturated carbocycles. The molecule has 1 heterocycles. The molecule has 32 heavy (non-hydrogen) atoms. The topological polar surface area (TPSA) is 171 Å². The van der Waals surface area contributed by atoms with Gasteiger partial charge in [-0.05, 0) is 31.5 Å². The molecule has 178 valence electrons. The Labute approximate surface area is 196 Å². The first-order valence-corrected chi connectivity index (χ1v) is 11.2. The van der Waals surface area contributed by atoms with Gasteiger partial charge in [-0.25, -0.2) is 14.6 Å². The number of anilines is 1. The molecule has 13 heteroatoms. The molecule has 1 aromatic heterocycles. The highest BCUT2D eigenvalue weighted by molar-refractivity contribution is 7.80. The van der Waals surface area contributed by atoms with Crippen molar-refractivity contribution in [2.75, 3.05) is 32.6 Å². The largest absolute Gasteiger partial charge is 0.478 e. The van der Waals surface area contributed by atoms with Gasteiger partial charge < -0.3 is 36.6 Å².